The highest BCUT2D eigenvalue weighted by molar-refractivity contribution is 6.30. The number of rotatable bonds is 5. The molecule has 0 saturated heterocycles. The van der Waals surface area contributed by atoms with Gasteiger partial charge in [-0.1, -0.05) is 38.3 Å². The monoisotopic (exact) mass is 266 g/mol. The molecule has 1 fully saturated rings. The topological polar surface area (TPSA) is 24.9 Å². The van der Waals surface area contributed by atoms with E-state index in [1.165, 1.54) is 32.1 Å². The molecule has 3 heteroatoms. The average molecular weight is 267 g/mol. The summed E-state index contributed by atoms with van der Waals surface area (Å²) in [6.45, 7) is 5.68. The fourth-order valence-electron chi connectivity index (χ4n) is 3.20. The van der Waals surface area contributed by atoms with Gasteiger partial charge in [0.05, 0.1) is 5.02 Å². The minimum absolute atomic E-state index is 0.482. The number of hydrogen-bond acceptors (Lipinski definition) is 2. The summed E-state index contributed by atoms with van der Waals surface area (Å²) < 4.78 is 0. The van der Waals surface area contributed by atoms with Crippen LogP contribution in [0.2, 0.25) is 5.02 Å². The molecule has 2 rings (SSSR count). The normalized spacial score (nSPS) is 18.2. The van der Waals surface area contributed by atoms with Crippen LogP contribution in [-0.4, -0.2) is 11.5 Å². The van der Waals surface area contributed by atoms with Gasteiger partial charge in [0, 0.05) is 12.7 Å². The molecule has 18 heavy (non-hydrogen) atoms. The Hall–Kier alpha value is -0.760. The Labute approximate surface area is 115 Å². The van der Waals surface area contributed by atoms with Crippen molar-refractivity contribution in [2.24, 2.45) is 11.3 Å². The number of pyridine rings is 1. The van der Waals surface area contributed by atoms with Crippen LogP contribution in [0.3, 0.4) is 0 Å². The third-order valence-electron chi connectivity index (χ3n) is 3.88. The first-order valence-corrected chi connectivity index (χ1v) is 7.33. The summed E-state index contributed by atoms with van der Waals surface area (Å²) in [6, 6.07) is 3.85. The van der Waals surface area contributed by atoms with Crippen molar-refractivity contribution in [1.29, 1.82) is 0 Å². The third kappa shape index (κ3) is 3.61. The van der Waals surface area contributed by atoms with Crippen molar-refractivity contribution >= 4 is 17.4 Å². The first-order chi connectivity index (χ1) is 8.60. The third-order valence-corrected chi connectivity index (χ3v) is 4.10. The molecule has 0 amide bonds. The predicted octanol–water partition coefficient (Wildman–Crippen LogP) is 4.75. The van der Waals surface area contributed by atoms with Crippen LogP contribution in [0.5, 0.6) is 0 Å². The van der Waals surface area contributed by atoms with Gasteiger partial charge in [-0.25, -0.2) is 4.98 Å². The molecule has 0 atom stereocenters. The summed E-state index contributed by atoms with van der Waals surface area (Å²) in [7, 11) is 0. The lowest BCUT2D eigenvalue weighted by Crippen LogP contribution is -2.28. The van der Waals surface area contributed by atoms with Gasteiger partial charge < -0.3 is 5.32 Å². The molecule has 1 aromatic rings. The Bertz CT molecular complexity index is 367. The first-order valence-electron chi connectivity index (χ1n) is 6.95. The van der Waals surface area contributed by atoms with Gasteiger partial charge in [0.15, 0.2) is 0 Å². The zero-order valence-corrected chi connectivity index (χ0v) is 12.1. The molecule has 1 aliphatic rings. The van der Waals surface area contributed by atoms with Crippen LogP contribution in [0, 0.1) is 11.3 Å². The summed E-state index contributed by atoms with van der Waals surface area (Å²) in [5, 5.41) is 4.18. The summed E-state index contributed by atoms with van der Waals surface area (Å²) >= 11 is 5.84. The van der Waals surface area contributed by atoms with Gasteiger partial charge >= 0.3 is 0 Å². The summed E-state index contributed by atoms with van der Waals surface area (Å²) in [5.41, 5.74) is 0.482. The summed E-state index contributed by atoms with van der Waals surface area (Å²) in [6.07, 6.45) is 8.48. The van der Waals surface area contributed by atoms with Gasteiger partial charge in [-0.2, -0.15) is 0 Å². The predicted molar refractivity (Wildman–Crippen MR) is 78.1 cm³/mol. The maximum absolute atomic E-state index is 5.84. The molecule has 0 unspecified atom stereocenters. The molecule has 0 spiro atoms. The van der Waals surface area contributed by atoms with Crippen LogP contribution in [0.4, 0.5) is 5.82 Å². The van der Waals surface area contributed by atoms with Crippen LogP contribution in [-0.2, 0) is 0 Å². The van der Waals surface area contributed by atoms with Crippen LogP contribution >= 0.6 is 11.6 Å². The molecular weight excluding hydrogens is 244 g/mol. The minimum atomic E-state index is 0.482. The largest absolute Gasteiger partial charge is 0.370 e. The highest BCUT2D eigenvalue weighted by Crippen LogP contribution is 2.43. The Balaban J connectivity index is 1.95. The lowest BCUT2D eigenvalue weighted by molar-refractivity contribution is 0.252. The Morgan fingerprint density at radius 1 is 1.33 bits per heavy atom. The van der Waals surface area contributed by atoms with E-state index in [4.69, 9.17) is 11.6 Å². The van der Waals surface area contributed by atoms with Gasteiger partial charge in [0.25, 0.3) is 0 Å². The summed E-state index contributed by atoms with van der Waals surface area (Å²) in [5.74, 6) is 1.71. The maximum Gasteiger partial charge on any atom is 0.126 e. The van der Waals surface area contributed by atoms with Gasteiger partial charge in [-0.15, -0.1) is 0 Å². The second kappa shape index (κ2) is 5.92. The maximum atomic E-state index is 5.84. The number of nitrogens with one attached hydrogen (secondary N) is 1. The van der Waals surface area contributed by atoms with Crippen molar-refractivity contribution in [3.05, 3.63) is 23.4 Å². The molecule has 0 aromatic carbocycles. The summed E-state index contributed by atoms with van der Waals surface area (Å²) in [4.78, 5) is 4.31. The van der Waals surface area contributed by atoms with E-state index in [0.29, 0.717) is 10.4 Å². The number of aromatic nitrogens is 1. The molecule has 2 nitrogen and oxygen atoms in total. The van der Waals surface area contributed by atoms with Gasteiger partial charge in [-0.05, 0) is 42.7 Å². The van der Waals surface area contributed by atoms with E-state index in [1.807, 2.05) is 12.1 Å². The van der Waals surface area contributed by atoms with Crippen molar-refractivity contribution < 1.29 is 0 Å². The molecule has 0 bridgehead atoms. The van der Waals surface area contributed by atoms with Crippen LogP contribution in [0.25, 0.3) is 0 Å². The molecule has 0 aliphatic heterocycles. The molecule has 100 valence electrons. The Kier molecular flexibility index (Phi) is 4.50. The smallest absolute Gasteiger partial charge is 0.126 e. The van der Waals surface area contributed by atoms with Crippen LogP contribution < -0.4 is 5.32 Å². The van der Waals surface area contributed by atoms with Crippen molar-refractivity contribution in [3.63, 3.8) is 0 Å². The van der Waals surface area contributed by atoms with Crippen LogP contribution in [0.1, 0.15) is 46.0 Å². The van der Waals surface area contributed by atoms with E-state index in [0.717, 1.165) is 18.3 Å². The number of halogens is 1. The van der Waals surface area contributed by atoms with Gasteiger partial charge in [0.2, 0.25) is 0 Å². The molecule has 1 aromatic heterocycles. The quantitative estimate of drug-likeness (QED) is 0.832. The van der Waals surface area contributed by atoms with E-state index in [2.05, 4.69) is 24.1 Å². The first kappa shape index (κ1) is 13.7. The highest BCUT2D eigenvalue weighted by Gasteiger charge is 2.34. The standard InChI is InChI=1S/C15H23ClN2/c1-12(2)9-15(7-3-4-8-15)11-18-14-6-5-13(16)10-17-14/h5-6,10,12H,3-4,7-9,11H2,1-2H3,(H,17,18). The van der Waals surface area contributed by atoms with Crippen molar-refractivity contribution in [2.75, 3.05) is 11.9 Å². The van der Waals surface area contributed by atoms with Crippen molar-refractivity contribution in [3.8, 4) is 0 Å². The molecule has 1 N–H and O–H groups in total. The highest BCUT2D eigenvalue weighted by atomic mass is 35.5. The minimum Gasteiger partial charge on any atom is -0.370 e. The van der Waals surface area contributed by atoms with E-state index in [9.17, 15) is 0 Å². The van der Waals surface area contributed by atoms with Gasteiger partial charge in [0.1, 0.15) is 5.82 Å². The second-order valence-corrected chi connectivity index (χ2v) is 6.46. The Morgan fingerprint density at radius 2 is 2.06 bits per heavy atom. The lowest BCUT2D eigenvalue weighted by atomic mass is 9.78. The van der Waals surface area contributed by atoms with E-state index in [-0.39, 0.29) is 0 Å². The molecule has 0 radical (unpaired) electrons. The van der Waals surface area contributed by atoms with E-state index in [1.54, 1.807) is 6.20 Å². The molecule has 1 saturated carbocycles. The average Bonchev–Trinajstić information content (AvgIpc) is 2.76. The van der Waals surface area contributed by atoms with Gasteiger partial charge in [-0.3, -0.25) is 0 Å². The fourth-order valence-corrected chi connectivity index (χ4v) is 3.31. The zero-order valence-electron chi connectivity index (χ0n) is 11.4. The Morgan fingerprint density at radius 3 is 2.61 bits per heavy atom. The van der Waals surface area contributed by atoms with Crippen LogP contribution in [0.15, 0.2) is 18.3 Å². The van der Waals surface area contributed by atoms with Crippen molar-refractivity contribution in [1.82, 2.24) is 4.98 Å². The molecule has 1 aliphatic carbocycles. The van der Waals surface area contributed by atoms with E-state index >= 15 is 0 Å². The zero-order chi connectivity index (χ0) is 13.0. The fraction of sp³-hybridized carbons (Fsp3) is 0.667. The lowest BCUT2D eigenvalue weighted by Gasteiger charge is -2.31. The number of anilines is 1. The number of nitrogens with zero attached hydrogens (tertiary/aromatic N) is 1. The molecule has 1 heterocycles. The van der Waals surface area contributed by atoms with E-state index < -0.39 is 0 Å². The number of hydrogen-bond donors (Lipinski definition) is 1. The molecular formula is C15H23ClN2. The SMILES string of the molecule is CC(C)CC1(CNc2ccc(Cl)cn2)CCCC1. The van der Waals surface area contributed by atoms with Crippen molar-refractivity contribution in [2.45, 2.75) is 46.0 Å². The second-order valence-electron chi connectivity index (χ2n) is 6.02.